The van der Waals surface area contributed by atoms with Gasteiger partial charge in [-0.2, -0.15) is 0 Å². The highest BCUT2D eigenvalue weighted by molar-refractivity contribution is 9.10. The van der Waals surface area contributed by atoms with Crippen molar-refractivity contribution in [2.45, 2.75) is 13.8 Å². The van der Waals surface area contributed by atoms with E-state index in [0.29, 0.717) is 0 Å². The fourth-order valence-corrected chi connectivity index (χ4v) is 1.10. The molecular weight excluding hydrogens is 192 g/mol. The average molecular weight is 201 g/mol. The molecule has 1 rings (SSSR count). The summed E-state index contributed by atoms with van der Waals surface area (Å²) in [6.07, 6.45) is 1.77. The van der Waals surface area contributed by atoms with E-state index in [0.717, 1.165) is 21.4 Å². The van der Waals surface area contributed by atoms with Gasteiger partial charge >= 0.3 is 0 Å². The third kappa shape index (κ3) is 1.14. The van der Waals surface area contributed by atoms with Gasteiger partial charge in [-0.05, 0) is 35.3 Å². The first-order chi connectivity index (χ1) is 4.63. The lowest BCUT2D eigenvalue weighted by atomic mass is 10.2. The van der Waals surface area contributed by atoms with Crippen LogP contribution in [0.15, 0.2) is 10.7 Å². The van der Waals surface area contributed by atoms with Crippen LogP contribution in [-0.2, 0) is 0 Å². The highest BCUT2D eigenvalue weighted by Crippen LogP contribution is 2.24. The molecule has 2 nitrogen and oxygen atoms in total. The Labute approximate surface area is 68.6 Å². The monoisotopic (exact) mass is 200 g/mol. The molecule has 0 radical (unpaired) electrons. The fraction of sp³-hybridized carbons (Fsp3) is 0.286. The smallest absolute Gasteiger partial charge is 0.0620 e. The Balaban J connectivity index is 3.34. The topological polar surface area (TPSA) is 38.9 Å². The number of nitrogens with two attached hydrogens (primary N) is 1. The van der Waals surface area contributed by atoms with Crippen molar-refractivity contribution in [2.75, 3.05) is 5.73 Å². The van der Waals surface area contributed by atoms with Gasteiger partial charge in [-0.15, -0.1) is 0 Å². The molecule has 0 spiro atoms. The van der Waals surface area contributed by atoms with Crippen LogP contribution in [0.5, 0.6) is 0 Å². The number of anilines is 1. The number of hydrogen-bond acceptors (Lipinski definition) is 2. The van der Waals surface area contributed by atoms with Gasteiger partial charge in [0.05, 0.1) is 15.9 Å². The first-order valence-corrected chi connectivity index (χ1v) is 3.79. The van der Waals surface area contributed by atoms with E-state index in [1.807, 2.05) is 13.8 Å². The molecule has 2 N–H and O–H groups in total. The molecule has 0 unspecified atom stereocenters. The van der Waals surface area contributed by atoms with Crippen molar-refractivity contribution >= 4 is 21.6 Å². The molecular formula is C7H9BrN2. The number of hydrogen-bond donors (Lipinski definition) is 1. The normalized spacial score (nSPS) is 9.90. The molecule has 0 amide bonds. The quantitative estimate of drug-likeness (QED) is 0.697. The van der Waals surface area contributed by atoms with Gasteiger partial charge in [0, 0.05) is 6.20 Å². The molecule has 0 atom stereocenters. The lowest BCUT2D eigenvalue weighted by molar-refractivity contribution is 1.16. The number of rotatable bonds is 0. The summed E-state index contributed by atoms with van der Waals surface area (Å²) in [5.41, 5.74) is 8.43. The van der Waals surface area contributed by atoms with Gasteiger partial charge in [-0.1, -0.05) is 0 Å². The van der Waals surface area contributed by atoms with Crippen LogP contribution in [0.3, 0.4) is 0 Å². The number of aromatic nitrogens is 1. The van der Waals surface area contributed by atoms with Gasteiger partial charge in [0.25, 0.3) is 0 Å². The molecule has 1 aromatic rings. The molecule has 0 aliphatic rings. The Morgan fingerprint density at radius 2 is 2.10 bits per heavy atom. The predicted octanol–water partition coefficient (Wildman–Crippen LogP) is 2.04. The minimum atomic E-state index is 0.785. The van der Waals surface area contributed by atoms with Crippen LogP contribution in [0, 0.1) is 13.8 Å². The molecule has 0 aliphatic carbocycles. The molecule has 0 saturated carbocycles. The van der Waals surface area contributed by atoms with Gasteiger partial charge in [0.15, 0.2) is 0 Å². The maximum Gasteiger partial charge on any atom is 0.0620 e. The molecule has 1 aromatic heterocycles. The van der Waals surface area contributed by atoms with Crippen molar-refractivity contribution in [3.05, 3.63) is 21.9 Å². The van der Waals surface area contributed by atoms with E-state index in [1.165, 1.54) is 0 Å². The summed E-state index contributed by atoms with van der Waals surface area (Å²) >= 11 is 3.34. The SMILES string of the molecule is Cc1cnc(C)c(Br)c1N. The standard InChI is InChI=1S/C7H9BrN2/c1-4-3-10-5(2)6(8)7(4)9/h3H,1-2H3,(H2,9,10). The summed E-state index contributed by atoms with van der Waals surface area (Å²) in [4.78, 5) is 4.11. The molecule has 54 valence electrons. The zero-order valence-electron chi connectivity index (χ0n) is 5.98. The number of pyridine rings is 1. The highest BCUT2D eigenvalue weighted by atomic mass is 79.9. The van der Waals surface area contributed by atoms with Crippen LogP contribution >= 0.6 is 15.9 Å². The largest absolute Gasteiger partial charge is 0.397 e. The van der Waals surface area contributed by atoms with E-state index >= 15 is 0 Å². The molecule has 0 bridgehead atoms. The summed E-state index contributed by atoms with van der Waals surface area (Å²) < 4.78 is 0.910. The summed E-state index contributed by atoms with van der Waals surface area (Å²) in [5, 5.41) is 0. The van der Waals surface area contributed by atoms with Crippen LogP contribution in [0.1, 0.15) is 11.3 Å². The summed E-state index contributed by atoms with van der Waals surface area (Å²) in [7, 11) is 0. The molecule has 10 heavy (non-hydrogen) atoms. The van der Waals surface area contributed by atoms with E-state index < -0.39 is 0 Å². The number of nitrogens with zero attached hydrogens (tertiary/aromatic N) is 1. The zero-order valence-corrected chi connectivity index (χ0v) is 7.57. The first-order valence-electron chi connectivity index (χ1n) is 3.00. The summed E-state index contributed by atoms with van der Waals surface area (Å²) in [5.74, 6) is 0. The van der Waals surface area contributed by atoms with Gasteiger partial charge in [-0.3, -0.25) is 4.98 Å². The van der Waals surface area contributed by atoms with E-state index in [2.05, 4.69) is 20.9 Å². The van der Waals surface area contributed by atoms with E-state index in [9.17, 15) is 0 Å². The second-order valence-corrected chi connectivity index (χ2v) is 3.05. The minimum absolute atomic E-state index is 0.785. The third-order valence-electron chi connectivity index (χ3n) is 1.43. The lowest BCUT2D eigenvalue weighted by Crippen LogP contribution is -1.94. The number of nitrogen functional groups attached to an aromatic ring is 1. The van der Waals surface area contributed by atoms with E-state index in [-0.39, 0.29) is 0 Å². The van der Waals surface area contributed by atoms with Crippen molar-refractivity contribution in [2.24, 2.45) is 0 Å². The average Bonchev–Trinajstić information content (AvgIpc) is 1.93. The number of halogens is 1. The highest BCUT2D eigenvalue weighted by Gasteiger charge is 2.01. The molecule has 0 aliphatic heterocycles. The predicted molar refractivity (Wildman–Crippen MR) is 45.8 cm³/mol. The first kappa shape index (κ1) is 7.54. The van der Waals surface area contributed by atoms with Crippen molar-refractivity contribution in [1.29, 1.82) is 0 Å². The molecule has 0 aromatic carbocycles. The van der Waals surface area contributed by atoms with E-state index in [1.54, 1.807) is 6.20 Å². The van der Waals surface area contributed by atoms with Crippen molar-refractivity contribution in [1.82, 2.24) is 4.98 Å². The Morgan fingerprint density at radius 1 is 1.50 bits per heavy atom. The lowest BCUT2D eigenvalue weighted by Gasteiger charge is -2.03. The Bertz CT molecular complexity index is 231. The van der Waals surface area contributed by atoms with Gasteiger partial charge in [0.1, 0.15) is 0 Å². The van der Waals surface area contributed by atoms with Crippen LogP contribution < -0.4 is 5.73 Å². The van der Waals surface area contributed by atoms with Crippen molar-refractivity contribution < 1.29 is 0 Å². The molecule has 1 heterocycles. The zero-order chi connectivity index (χ0) is 7.72. The van der Waals surface area contributed by atoms with Gasteiger partial charge in [0.2, 0.25) is 0 Å². The summed E-state index contributed by atoms with van der Waals surface area (Å²) in [6, 6.07) is 0. The van der Waals surface area contributed by atoms with Crippen LogP contribution in [-0.4, -0.2) is 4.98 Å². The Hall–Kier alpha value is -0.570. The van der Waals surface area contributed by atoms with Crippen molar-refractivity contribution in [3.8, 4) is 0 Å². The van der Waals surface area contributed by atoms with Crippen molar-refractivity contribution in [3.63, 3.8) is 0 Å². The second-order valence-electron chi connectivity index (χ2n) is 2.25. The van der Waals surface area contributed by atoms with Crippen LogP contribution in [0.25, 0.3) is 0 Å². The summed E-state index contributed by atoms with van der Waals surface area (Å²) in [6.45, 7) is 3.85. The molecule has 0 saturated heterocycles. The van der Waals surface area contributed by atoms with Crippen LogP contribution in [0.4, 0.5) is 5.69 Å². The minimum Gasteiger partial charge on any atom is -0.397 e. The number of aryl methyl sites for hydroxylation is 2. The Morgan fingerprint density at radius 3 is 2.60 bits per heavy atom. The third-order valence-corrected chi connectivity index (χ3v) is 2.43. The Kier molecular flexibility index (Phi) is 1.94. The van der Waals surface area contributed by atoms with Gasteiger partial charge < -0.3 is 5.73 Å². The van der Waals surface area contributed by atoms with Gasteiger partial charge in [-0.25, -0.2) is 0 Å². The van der Waals surface area contributed by atoms with Crippen LogP contribution in [0.2, 0.25) is 0 Å². The maximum atomic E-state index is 5.70. The molecule has 0 fully saturated rings. The second kappa shape index (κ2) is 2.58. The van der Waals surface area contributed by atoms with E-state index in [4.69, 9.17) is 5.73 Å². The maximum absolute atomic E-state index is 5.70. The molecule has 3 heteroatoms. The fourth-order valence-electron chi connectivity index (χ4n) is 0.688.